The topological polar surface area (TPSA) is 26.0 Å². The highest BCUT2D eigenvalue weighted by molar-refractivity contribution is 4.55. The molecular formula is C29H63N2+. The molecule has 0 aliphatic rings. The monoisotopic (exact) mass is 439 g/mol. The van der Waals surface area contributed by atoms with E-state index in [0.717, 1.165) is 23.5 Å². The van der Waals surface area contributed by atoms with Crippen molar-refractivity contribution in [2.75, 3.05) is 27.2 Å². The number of nitrogens with zero attached hydrogens (tertiary/aromatic N) is 1. The fourth-order valence-electron chi connectivity index (χ4n) is 4.76. The Balaban J connectivity index is 3.22. The molecule has 2 N–H and O–H groups in total. The average molecular weight is 440 g/mol. The van der Waals surface area contributed by atoms with E-state index in [-0.39, 0.29) is 0 Å². The van der Waals surface area contributed by atoms with Crippen LogP contribution < -0.4 is 5.73 Å². The van der Waals surface area contributed by atoms with Crippen LogP contribution >= 0.6 is 0 Å². The standard InChI is InChI=1S/C29H63N2/c1-5-6-7-8-9-10-11-12-13-14-15-16-17-18-19-20-21-22-23-24-26-29(2)31(3,4)28-25-27-30/h29H,5-28,30H2,1-4H3/q+1. The van der Waals surface area contributed by atoms with Crippen LogP contribution in [-0.4, -0.2) is 37.7 Å². The largest absolute Gasteiger partial charge is 0.330 e. The summed E-state index contributed by atoms with van der Waals surface area (Å²) in [6.45, 7) is 6.77. The van der Waals surface area contributed by atoms with Gasteiger partial charge in [0.1, 0.15) is 0 Å². The van der Waals surface area contributed by atoms with Gasteiger partial charge in [-0.3, -0.25) is 0 Å². The van der Waals surface area contributed by atoms with Gasteiger partial charge in [0.25, 0.3) is 0 Å². The molecule has 2 nitrogen and oxygen atoms in total. The molecule has 31 heavy (non-hydrogen) atoms. The number of nitrogens with two attached hydrogens (primary N) is 1. The lowest BCUT2D eigenvalue weighted by atomic mass is 10.0. The molecule has 1 unspecified atom stereocenters. The highest BCUT2D eigenvalue weighted by Gasteiger charge is 2.22. The first-order valence-electron chi connectivity index (χ1n) is 14.6. The number of unbranched alkanes of at least 4 members (excludes halogenated alkanes) is 19. The van der Waals surface area contributed by atoms with E-state index in [4.69, 9.17) is 5.73 Å². The first kappa shape index (κ1) is 30.9. The molecule has 0 heterocycles. The van der Waals surface area contributed by atoms with Crippen LogP contribution in [0.15, 0.2) is 0 Å². The zero-order chi connectivity index (χ0) is 23.0. The van der Waals surface area contributed by atoms with Crippen LogP contribution in [0.4, 0.5) is 0 Å². The second-order valence-electron chi connectivity index (χ2n) is 11.0. The van der Waals surface area contributed by atoms with Crippen LogP contribution in [0.1, 0.15) is 155 Å². The molecule has 0 saturated heterocycles. The van der Waals surface area contributed by atoms with Gasteiger partial charge in [0, 0.05) is 6.42 Å². The molecule has 0 amide bonds. The average Bonchev–Trinajstić information content (AvgIpc) is 2.76. The highest BCUT2D eigenvalue weighted by atomic mass is 15.3. The molecule has 0 aromatic heterocycles. The van der Waals surface area contributed by atoms with E-state index < -0.39 is 0 Å². The van der Waals surface area contributed by atoms with Gasteiger partial charge in [-0.25, -0.2) is 0 Å². The second-order valence-corrected chi connectivity index (χ2v) is 11.0. The van der Waals surface area contributed by atoms with Crippen LogP contribution in [0, 0.1) is 0 Å². The zero-order valence-electron chi connectivity index (χ0n) is 22.6. The minimum absolute atomic E-state index is 0.766. The van der Waals surface area contributed by atoms with Crippen molar-refractivity contribution in [2.45, 2.75) is 161 Å². The molecule has 0 aliphatic carbocycles. The number of quaternary nitrogens is 1. The minimum atomic E-state index is 0.766. The lowest BCUT2D eigenvalue weighted by molar-refractivity contribution is -0.913. The molecule has 0 aliphatic heterocycles. The summed E-state index contributed by atoms with van der Waals surface area (Å²) in [6, 6.07) is 0.766. The van der Waals surface area contributed by atoms with Crippen LogP contribution in [-0.2, 0) is 0 Å². The molecule has 0 rings (SSSR count). The molecular weight excluding hydrogens is 376 g/mol. The Bertz CT molecular complexity index is 340. The van der Waals surface area contributed by atoms with E-state index >= 15 is 0 Å². The van der Waals surface area contributed by atoms with Gasteiger partial charge in [0.05, 0.1) is 26.7 Å². The van der Waals surface area contributed by atoms with Crippen LogP contribution in [0.2, 0.25) is 0 Å². The summed E-state index contributed by atoms with van der Waals surface area (Å²) in [7, 11) is 4.74. The van der Waals surface area contributed by atoms with Gasteiger partial charge in [-0.05, 0) is 26.3 Å². The fourth-order valence-corrected chi connectivity index (χ4v) is 4.76. The van der Waals surface area contributed by atoms with Crippen LogP contribution in [0.25, 0.3) is 0 Å². The molecule has 0 fully saturated rings. The molecule has 188 valence electrons. The first-order valence-corrected chi connectivity index (χ1v) is 14.6. The summed E-state index contributed by atoms with van der Waals surface area (Å²) in [5.41, 5.74) is 5.68. The van der Waals surface area contributed by atoms with E-state index in [1.165, 1.54) is 141 Å². The SMILES string of the molecule is CCCCCCCCCCCCCCCCCCCCCCC(C)[N+](C)(C)CCCN. The van der Waals surface area contributed by atoms with E-state index in [1.807, 2.05) is 0 Å². The summed E-state index contributed by atoms with van der Waals surface area (Å²) in [5, 5.41) is 0. The van der Waals surface area contributed by atoms with Gasteiger partial charge in [0.15, 0.2) is 0 Å². The maximum absolute atomic E-state index is 5.68. The normalized spacial score (nSPS) is 13.1. The third kappa shape index (κ3) is 21.5. The van der Waals surface area contributed by atoms with E-state index in [0.29, 0.717) is 0 Å². The summed E-state index contributed by atoms with van der Waals surface area (Å²) in [6.07, 6.45) is 31.7. The Morgan fingerprint density at radius 1 is 0.516 bits per heavy atom. The third-order valence-electron chi connectivity index (χ3n) is 7.61. The number of rotatable bonds is 25. The Hall–Kier alpha value is -0.0800. The summed E-state index contributed by atoms with van der Waals surface area (Å²) >= 11 is 0. The predicted octanol–water partition coefficient (Wildman–Crippen LogP) is 9.01. The van der Waals surface area contributed by atoms with Gasteiger partial charge in [0.2, 0.25) is 0 Å². The maximum Gasteiger partial charge on any atom is 0.0857 e. The van der Waals surface area contributed by atoms with E-state index in [1.54, 1.807) is 0 Å². The Kier molecular flexibility index (Phi) is 23.0. The first-order chi connectivity index (χ1) is 15.0. The van der Waals surface area contributed by atoms with Crippen LogP contribution in [0.3, 0.4) is 0 Å². The summed E-state index contributed by atoms with van der Waals surface area (Å²) < 4.78 is 1.14. The summed E-state index contributed by atoms with van der Waals surface area (Å²) in [4.78, 5) is 0. The van der Waals surface area contributed by atoms with Crippen molar-refractivity contribution < 1.29 is 4.48 Å². The molecule has 2 heteroatoms. The quantitative estimate of drug-likeness (QED) is 0.111. The lowest BCUT2D eigenvalue weighted by Crippen LogP contribution is -2.48. The Morgan fingerprint density at radius 3 is 1.16 bits per heavy atom. The van der Waals surface area contributed by atoms with Gasteiger partial charge in [-0.15, -0.1) is 0 Å². The van der Waals surface area contributed by atoms with E-state index in [2.05, 4.69) is 27.9 Å². The van der Waals surface area contributed by atoms with Gasteiger partial charge in [-0.2, -0.15) is 0 Å². The summed E-state index contributed by atoms with van der Waals surface area (Å²) in [5.74, 6) is 0. The molecule has 0 aromatic carbocycles. The number of hydrogen-bond acceptors (Lipinski definition) is 1. The molecule has 0 radical (unpaired) electrons. The Morgan fingerprint density at radius 2 is 0.839 bits per heavy atom. The molecule has 0 aromatic rings. The van der Waals surface area contributed by atoms with Gasteiger partial charge < -0.3 is 10.2 Å². The van der Waals surface area contributed by atoms with Crippen molar-refractivity contribution in [1.82, 2.24) is 0 Å². The van der Waals surface area contributed by atoms with Crippen molar-refractivity contribution in [2.24, 2.45) is 5.73 Å². The maximum atomic E-state index is 5.68. The predicted molar refractivity (Wildman–Crippen MR) is 143 cm³/mol. The van der Waals surface area contributed by atoms with Crippen molar-refractivity contribution >= 4 is 0 Å². The molecule has 0 saturated carbocycles. The molecule has 1 atom stereocenters. The van der Waals surface area contributed by atoms with Crippen molar-refractivity contribution in [3.63, 3.8) is 0 Å². The van der Waals surface area contributed by atoms with Gasteiger partial charge >= 0.3 is 0 Å². The van der Waals surface area contributed by atoms with Crippen LogP contribution in [0.5, 0.6) is 0 Å². The van der Waals surface area contributed by atoms with Crippen molar-refractivity contribution in [1.29, 1.82) is 0 Å². The second kappa shape index (κ2) is 23.1. The Labute approximate surface area is 198 Å². The minimum Gasteiger partial charge on any atom is -0.330 e. The third-order valence-corrected chi connectivity index (χ3v) is 7.61. The van der Waals surface area contributed by atoms with Gasteiger partial charge in [-0.1, -0.05) is 129 Å². The molecule has 0 spiro atoms. The highest BCUT2D eigenvalue weighted by Crippen LogP contribution is 2.17. The zero-order valence-corrected chi connectivity index (χ0v) is 22.6. The fraction of sp³-hybridized carbons (Fsp3) is 1.00. The smallest absolute Gasteiger partial charge is 0.0857 e. The molecule has 0 bridgehead atoms. The van der Waals surface area contributed by atoms with Crippen molar-refractivity contribution in [3.05, 3.63) is 0 Å². The van der Waals surface area contributed by atoms with E-state index in [9.17, 15) is 0 Å². The van der Waals surface area contributed by atoms with Crippen molar-refractivity contribution in [3.8, 4) is 0 Å². The lowest BCUT2D eigenvalue weighted by Gasteiger charge is -2.36. The number of hydrogen-bond donors (Lipinski definition) is 1.